The van der Waals surface area contributed by atoms with Crippen molar-refractivity contribution in [1.82, 2.24) is 5.32 Å². The molecule has 2 atom stereocenters. The Morgan fingerprint density at radius 2 is 1.82 bits per heavy atom. The fourth-order valence-electron chi connectivity index (χ4n) is 2.25. The molecule has 0 spiro atoms. The topological polar surface area (TPSA) is 75.6 Å². The number of carbonyl (C=O) groups is 2. The second-order valence-corrected chi connectivity index (χ2v) is 5.81. The highest BCUT2D eigenvalue weighted by Crippen LogP contribution is 2.13. The molecular formula is C17H25NO4. The average molecular weight is 307 g/mol. The number of carboxylic acids is 1. The summed E-state index contributed by atoms with van der Waals surface area (Å²) in [6.45, 7) is 6.50. The lowest BCUT2D eigenvalue weighted by Gasteiger charge is -2.17. The second kappa shape index (κ2) is 9.20. The van der Waals surface area contributed by atoms with Gasteiger partial charge in [-0.15, -0.1) is 0 Å². The van der Waals surface area contributed by atoms with Gasteiger partial charge in [-0.05, 0) is 24.8 Å². The lowest BCUT2D eigenvalue weighted by molar-refractivity contribution is -0.142. The predicted octanol–water partition coefficient (Wildman–Crippen LogP) is 2.77. The number of hydrogen-bond acceptors (Lipinski definition) is 3. The number of hydrogen-bond donors (Lipinski definition) is 2. The number of benzene rings is 1. The van der Waals surface area contributed by atoms with Crippen molar-refractivity contribution < 1.29 is 19.4 Å². The predicted molar refractivity (Wildman–Crippen MR) is 84.4 cm³/mol. The normalized spacial score (nSPS) is 13.6. The van der Waals surface area contributed by atoms with Crippen LogP contribution in [0.1, 0.15) is 45.2 Å². The van der Waals surface area contributed by atoms with Crippen LogP contribution in [0, 0.1) is 5.92 Å². The molecule has 5 heteroatoms. The van der Waals surface area contributed by atoms with E-state index in [1.165, 1.54) is 0 Å². The van der Waals surface area contributed by atoms with E-state index in [1.54, 1.807) is 30.3 Å². The van der Waals surface area contributed by atoms with Gasteiger partial charge in [0.05, 0.1) is 19.1 Å². The van der Waals surface area contributed by atoms with Crippen molar-refractivity contribution in [3.05, 3.63) is 35.9 Å². The van der Waals surface area contributed by atoms with Gasteiger partial charge in [0.25, 0.3) is 0 Å². The Balaban J connectivity index is 2.43. The maximum Gasteiger partial charge on any atom is 0.330 e. The lowest BCUT2D eigenvalue weighted by Crippen LogP contribution is -2.34. The molecule has 0 fully saturated rings. The molecule has 1 rings (SSSR count). The van der Waals surface area contributed by atoms with E-state index < -0.39 is 12.0 Å². The van der Waals surface area contributed by atoms with Crippen LogP contribution in [0.4, 0.5) is 0 Å². The molecule has 0 aliphatic carbocycles. The van der Waals surface area contributed by atoms with Gasteiger partial charge in [-0.1, -0.05) is 44.2 Å². The molecule has 1 amide bonds. The summed E-state index contributed by atoms with van der Waals surface area (Å²) in [4.78, 5) is 23.2. The molecule has 122 valence electrons. The Morgan fingerprint density at radius 1 is 1.18 bits per heavy atom. The molecule has 0 aliphatic rings. The van der Waals surface area contributed by atoms with E-state index in [2.05, 4.69) is 19.2 Å². The van der Waals surface area contributed by atoms with Crippen molar-refractivity contribution in [2.75, 3.05) is 6.61 Å². The first-order chi connectivity index (χ1) is 10.4. The number of amides is 1. The largest absolute Gasteiger partial charge is 0.479 e. The molecule has 0 aromatic heterocycles. The van der Waals surface area contributed by atoms with E-state index in [4.69, 9.17) is 4.74 Å². The van der Waals surface area contributed by atoms with E-state index >= 15 is 0 Å². The van der Waals surface area contributed by atoms with Gasteiger partial charge >= 0.3 is 5.97 Å². The average Bonchev–Trinajstić information content (AvgIpc) is 2.44. The highest BCUT2D eigenvalue weighted by Gasteiger charge is 2.21. The van der Waals surface area contributed by atoms with E-state index in [9.17, 15) is 14.7 Å². The van der Waals surface area contributed by atoms with Crippen LogP contribution >= 0.6 is 0 Å². The number of ether oxygens (including phenoxy) is 1. The molecule has 22 heavy (non-hydrogen) atoms. The Hall–Kier alpha value is -1.88. The third-order valence-corrected chi connectivity index (χ3v) is 3.22. The standard InChI is InChI=1S/C17H25NO4/c1-12(2)11-13(3)22-10-9-15(19)18-16(17(20)21)14-7-5-4-6-8-14/h4-8,12-13,16H,9-11H2,1-3H3,(H,18,19)(H,20,21)/t13?,16-/m1/s1. The van der Waals surface area contributed by atoms with Gasteiger partial charge in [0.15, 0.2) is 6.04 Å². The smallest absolute Gasteiger partial charge is 0.330 e. The summed E-state index contributed by atoms with van der Waals surface area (Å²) in [6, 6.07) is 7.62. The van der Waals surface area contributed by atoms with Crippen LogP contribution in [0.2, 0.25) is 0 Å². The van der Waals surface area contributed by atoms with Gasteiger partial charge in [-0.2, -0.15) is 0 Å². The number of nitrogens with one attached hydrogen (secondary N) is 1. The highest BCUT2D eigenvalue weighted by atomic mass is 16.5. The quantitative estimate of drug-likeness (QED) is 0.735. The fraction of sp³-hybridized carbons (Fsp3) is 0.529. The second-order valence-electron chi connectivity index (χ2n) is 5.81. The molecule has 0 radical (unpaired) electrons. The molecule has 0 bridgehead atoms. The zero-order valence-corrected chi connectivity index (χ0v) is 13.4. The molecule has 1 aromatic carbocycles. The van der Waals surface area contributed by atoms with Crippen molar-refractivity contribution in [2.45, 2.75) is 45.8 Å². The van der Waals surface area contributed by atoms with E-state index in [0.29, 0.717) is 18.1 Å². The van der Waals surface area contributed by atoms with Crippen LogP contribution in [-0.4, -0.2) is 29.7 Å². The summed E-state index contributed by atoms with van der Waals surface area (Å²) in [6.07, 6.45) is 1.18. The first kappa shape index (κ1) is 18.2. The van der Waals surface area contributed by atoms with Gasteiger partial charge in [0.1, 0.15) is 0 Å². The molecule has 2 N–H and O–H groups in total. The molecular weight excluding hydrogens is 282 g/mol. The minimum atomic E-state index is -1.08. The highest BCUT2D eigenvalue weighted by molar-refractivity contribution is 5.84. The van der Waals surface area contributed by atoms with E-state index in [-0.39, 0.29) is 18.4 Å². The summed E-state index contributed by atoms with van der Waals surface area (Å²) < 4.78 is 5.56. The van der Waals surface area contributed by atoms with Gasteiger partial charge in [-0.3, -0.25) is 4.79 Å². The van der Waals surface area contributed by atoms with Gasteiger partial charge in [0.2, 0.25) is 5.91 Å². The Bertz CT molecular complexity index is 473. The van der Waals surface area contributed by atoms with Crippen LogP contribution in [0.25, 0.3) is 0 Å². The molecule has 0 aliphatic heterocycles. The zero-order valence-electron chi connectivity index (χ0n) is 13.4. The van der Waals surface area contributed by atoms with Gasteiger partial charge in [0, 0.05) is 0 Å². The van der Waals surface area contributed by atoms with Gasteiger partial charge < -0.3 is 15.2 Å². The summed E-state index contributed by atoms with van der Waals surface area (Å²) >= 11 is 0. The molecule has 0 saturated heterocycles. The molecule has 5 nitrogen and oxygen atoms in total. The van der Waals surface area contributed by atoms with Gasteiger partial charge in [-0.25, -0.2) is 4.79 Å². The van der Waals surface area contributed by atoms with E-state index in [0.717, 1.165) is 6.42 Å². The summed E-state index contributed by atoms with van der Waals surface area (Å²) in [5, 5.41) is 11.8. The van der Waals surface area contributed by atoms with Crippen LogP contribution < -0.4 is 5.32 Å². The van der Waals surface area contributed by atoms with Crippen LogP contribution in [0.5, 0.6) is 0 Å². The van der Waals surface area contributed by atoms with Crippen molar-refractivity contribution in [1.29, 1.82) is 0 Å². The molecule has 1 aromatic rings. The first-order valence-corrected chi connectivity index (χ1v) is 7.59. The number of aliphatic carboxylic acids is 1. The maximum atomic E-state index is 11.9. The van der Waals surface area contributed by atoms with Crippen molar-refractivity contribution in [3.8, 4) is 0 Å². The van der Waals surface area contributed by atoms with Crippen LogP contribution in [-0.2, 0) is 14.3 Å². The van der Waals surface area contributed by atoms with Crippen LogP contribution in [0.3, 0.4) is 0 Å². The number of carboxylic acid groups (broad SMARTS) is 1. The SMILES string of the molecule is CC(C)CC(C)OCCC(=O)N[C@@H](C(=O)O)c1ccccc1. The summed E-state index contributed by atoms with van der Waals surface area (Å²) in [5.74, 6) is -0.861. The summed E-state index contributed by atoms with van der Waals surface area (Å²) in [5.41, 5.74) is 0.553. The molecule has 1 unspecified atom stereocenters. The Kier molecular flexibility index (Phi) is 7.60. The third kappa shape index (κ3) is 6.72. The first-order valence-electron chi connectivity index (χ1n) is 7.59. The minimum absolute atomic E-state index is 0.0946. The van der Waals surface area contributed by atoms with Crippen molar-refractivity contribution in [2.24, 2.45) is 5.92 Å². The fourth-order valence-corrected chi connectivity index (χ4v) is 2.25. The number of rotatable bonds is 9. The zero-order chi connectivity index (χ0) is 16.5. The van der Waals surface area contributed by atoms with Crippen molar-refractivity contribution in [3.63, 3.8) is 0 Å². The Labute approximate surface area is 131 Å². The summed E-state index contributed by atoms with van der Waals surface area (Å²) in [7, 11) is 0. The number of carbonyl (C=O) groups excluding carboxylic acids is 1. The molecule has 0 saturated carbocycles. The third-order valence-electron chi connectivity index (χ3n) is 3.22. The Morgan fingerprint density at radius 3 is 2.36 bits per heavy atom. The minimum Gasteiger partial charge on any atom is -0.479 e. The maximum absolute atomic E-state index is 11.9. The van der Waals surface area contributed by atoms with Crippen LogP contribution in [0.15, 0.2) is 30.3 Å². The van der Waals surface area contributed by atoms with Crippen molar-refractivity contribution >= 4 is 11.9 Å². The lowest BCUT2D eigenvalue weighted by atomic mass is 10.1. The molecule has 0 heterocycles. The monoisotopic (exact) mass is 307 g/mol. The van der Waals surface area contributed by atoms with E-state index in [1.807, 2.05) is 6.92 Å².